The first-order valence-corrected chi connectivity index (χ1v) is 7.85. The summed E-state index contributed by atoms with van der Waals surface area (Å²) in [6, 6.07) is 15.0. The smallest absolute Gasteiger partial charge is 0.335 e. The predicted molar refractivity (Wildman–Crippen MR) is 76.2 cm³/mol. The number of rotatable bonds is 5. The Kier molecular flexibility index (Phi) is 4.20. The molecule has 0 saturated carbocycles. The van der Waals surface area contributed by atoms with E-state index in [4.69, 9.17) is 5.11 Å². The van der Waals surface area contributed by atoms with Gasteiger partial charge in [-0.1, -0.05) is 48.5 Å². The number of benzene rings is 2. The molecule has 0 radical (unpaired) electrons. The number of carbonyl (C=O) groups is 1. The van der Waals surface area contributed by atoms with Gasteiger partial charge in [0, 0.05) is 0 Å². The largest absolute Gasteiger partial charge is 0.478 e. The molecule has 0 spiro atoms. The van der Waals surface area contributed by atoms with Crippen LogP contribution in [0.2, 0.25) is 0 Å². The van der Waals surface area contributed by atoms with E-state index in [1.165, 1.54) is 12.1 Å². The third kappa shape index (κ3) is 3.68. The summed E-state index contributed by atoms with van der Waals surface area (Å²) >= 11 is 0. The monoisotopic (exact) mass is 290 g/mol. The molecule has 2 aromatic rings. The predicted octanol–water partition coefficient (Wildman–Crippen LogP) is 2.50. The average molecular weight is 290 g/mol. The van der Waals surface area contributed by atoms with Gasteiger partial charge in [0.1, 0.15) is 0 Å². The molecule has 0 atom stereocenters. The van der Waals surface area contributed by atoms with Gasteiger partial charge in [-0.2, -0.15) is 0 Å². The third-order valence-electron chi connectivity index (χ3n) is 2.85. The SMILES string of the molecule is O=C(O)c1ccccc1CS(=O)(=O)Cc1ccccc1. The zero-order valence-electron chi connectivity index (χ0n) is 10.7. The van der Waals surface area contributed by atoms with Crippen LogP contribution in [0.25, 0.3) is 0 Å². The zero-order chi connectivity index (χ0) is 14.6. The highest BCUT2D eigenvalue weighted by atomic mass is 32.2. The summed E-state index contributed by atoms with van der Waals surface area (Å²) in [4.78, 5) is 11.1. The number of hydrogen-bond donors (Lipinski definition) is 1. The highest BCUT2D eigenvalue weighted by Gasteiger charge is 2.17. The lowest BCUT2D eigenvalue weighted by Crippen LogP contribution is -2.11. The first-order chi connectivity index (χ1) is 9.48. The van der Waals surface area contributed by atoms with E-state index in [1.54, 1.807) is 36.4 Å². The van der Waals surface area contributed by atoms with Crippen molar-refractivity contribution in [2.24, 2.45) is 0 Å². The maximum absolute atomic E-state index is 12.2. The molecule has 5 heteroatoms. The molecule has 104 valence electrons. The molecule has 0 saturated heterocycles. The van der Waals surface area contributed by atoms with Crippen molar-refractivity contribution in [3.63, 3.8) is 0 Å². The van der Waals surface area contributed by atoms with Crippen molar-refractivity contribution in [2.75, 3.05) is 0 Å². The minimum atomic E-state index is -3.41. The van der Waals surface area contributed by atoms with Gasteiger partial charge in [0.05, 0.1) is 17.1 Å². The topological polar surface area (TPSA) is 71.4 Å². The minimum absolute atomic E-state index is 0.0316. The summed E-state index contributed by atoms with van der Waals surface area (Å²) in [5.74, 6) is -1.48. The van der Waals surface area contributed by atoms with Crippen LogP contribution >= 0.6 is 0 Å². The lowest BCUT2D eigenvalue weighted by Gasteiger charge is -2.07. The Labute approximate surface area is 117 Å². The van der Waals surface area contributed by atoms with E-state index in [1.807, 2.05) is 6.07 Å². The van der Waals surface area contributed by atoms with Crippen LogP contribution in [-0.2, 0) is 21.3 Å². The van der Waals surface area contributed by atoms with Gasteiger partial charge in [0.2, 0.25) is 0 Å². The summed E-state index contributed by atoms with van der Waals surface area (Å²) < 4.78 is 24.3. The fraction of sp³-hybridized carbons (Fsp3) is 0.133. The molecule has 2 aromatic carbocycles. The van der Waals surface area contributed by atoms with Crippen LogP contribution in [0.15, 0.2) is 54.6 Å². The second-order valence-electron chi connectivity index (χ2n) is 4.48. The van der Waals surface area contributed by atoms with E-state index < -0.39 is 15.8 Å². The second kappa shape index (κ2) is 5.88. The van der Waals surface area contributed by atoms with Gasteiger partial charge in [-0.3, -0.25) is 0 Å². The van der Waals surface area contributed by atoms with Crippen molar-refractivity contribution in [3.8, 4) is 0 Å². The van der Waals surface area contributed by atoms with Crippen LogP contribution in [0.3, 0.4) is 0 Å². The molecule has 0 bridgehead atoms. The van der Waals surface area contributed by atoms with Gasteiger partial charge < -0.3 is 5.11 Å². The Morgan fingerprint density at radius 1 is 0.900 bits per heavy atom. The van der Waals surface area contributed by atoms with Gasteiger partial charge in [-0.15, -0.1) is 0 Å². The molecule has 4 nitrogen and oxygen atoms in total. The summed E-state index contributed by atoms with van der Waals surface area (Å²) in [6.07, 6.45) is 0. The molecule has 0 aliphatic rings. The molecule has 0 amide bonds. The molecule has 0 aromatic heterocycles. The maximum atomic E-state index is 12.2. The summed E-state index contributed by atoms with van der Waals surface area (Å²) in [7, 11) is -3.41. The van der Waals surface area contributed by atoms with Crippen LogP contribution in [0.1, 0.15) is 21.5 Å². The van der Waals surface area contributed by atoms with Gasteiger partial charge >= 0.3 is 5.97 Å². The van der Waals surface area contributed by atoms with Crippen molar-refractivity contribution in [2.45, 2.75) is 11.5 Å². The Hall–Kier alpha value is -2.14. The number of aromatic carboxylic acids is 1. The molecular weight excluding hydrogens is 276 g/mol. The highest BCUT2D eigenvalue weighted by molar-refractivity contribution is 7.89. The van der Waals surface area contributed by atoms with Gasteiger partial charge in [0.15, 0.2) is 9.84 Å². The van der Waals surface area contributed by atoms with Crippen LogP contribution in [0.4, 0.5) is 0 Å². The zero-order valence-corrected chi connectivity index (χ0v) is 11.5. The van der Waals surface area contributed by atoms with Crippen molar-refractivity contribution >= 4 is 15.8 Å². The molecule has 2 rings (SSSR count). The van der Waals surface area contributed by atoms with Crippen molar-refractivity contribution in [1.29, 1.82) is 0 Å². The number of carboxylic acids is 1. The van der Waals surface area contributed by atoms with Crippen molar-refractivity contribution in [3.05, 3.63) is 71.3 Å². The lowest BCUT2D eigenvalue weighted by molar-refractivity contribution is 0.0696. The average Bonchev–Trinajstić information content (AvgIpc) is 2.39. The molecule has 20 heavy (non-hydrogen) atoms. The normalized spacial score (nSPS) is 11.2. The number of hydrogen-bond acceptors (Lipinski definition) is 3. The second-order valence-corrected chi connectivity index (χ2v) is 6.54. The lowest BCUT2D eigenvalue weighted by atomic mass is 10.1. The standard InChI is InChI=1S/C15H14O4S/c16-15(17)14-9-5-4-8-13(14)11-20(18,19)10-12-6-2-1-3-7-12/h1-9H,10-11H2,(H,16,17). The van der Waals surface area contributed by atoms with E-state index in [0.717, 1.165) is 0 Å². The van der Waals surface area contributed by atoms with E-state index in [9.17, 15) is 13.2 Å². The summed E-state index contributed by atoms with van der Waals surface area (Å²) in [5, 5.41) is 9.06. The Morgan fingerprint density at radius 2 is 1.50 bits per heavy atom. The molecule has 1 N–H and O–H groups in total. The summed E-state index contributed by atoms with van der Waals surface area (Å²) in [6.45, 7) is 0. The van der Waals surface area contributed by atoms with Gasteiger partial charge in [0.25, 0.3) is 0 Å². The number of carboxylic acid groups (broad SMARTS) is 1. The van der Waals surface area contributed by atoms with E-state index in [0.29, 0.717) is 11.1 Å². The van der Waals surface area contributed by atoms with Crippen LogP contribution < -0.4 is 0 Å². The highest BCUT2D eigenvalue weighted by Crippen LogP contribution is 2.16. The minimum Gasteiger partial charge on any atom is -0.478 e. The molecular formula is C15H14O4S. The molecule has 0 unspecified atom stereocenters. The third-order valence-corrected chi connectivity index (χ3v) is 4.38. The number of sulfone groups is 1. The van der Waals surface area contributed by atoms with E-state index in [-0.39, 0.29) is 17.1 Å². The van der Waals surface area contributed by atoms with Crippen LogP contribution in [-0.4, -0.2) is 19.5 Å². The maximum Gasteiger partial charge on any atom is 0.335 e. The molecule has 0 fully saturated rings. The fourth-order valence-corrected chi connectivity index (χ4v) is 3.50. The molecule has 0 aliphatic heterocycles. The Morgan fingerprint density at radius 3 is 2.15 bits per heavy atom. The quantitative estimate of drug-likeness (QED) is 0.918. The van der Waals surface area contributed by atoms with E-state index in [2.05, 4.69) is 0 Å². The van der Waals surface area contributed by atoms with Crippen molar-refractivity contribution in [1.82, 2.24) is 0 Å². The Bertz CT molecular complexity index is 706. The Balaban J connectivity index is 2.23. The fourth-order valence-electron chi connectivity index (χ4n) is 1.97. The molecule has 0 aliphatic carbocycles. The van der Waals surface area contributed by atoms with Gasteiger partial charge in [-0.25, -0.2) is 13.2 Å². The van der Waals surface area contributed by atoms with Crippen LogP contribution in [0.5, 0.6) is 0 Å². The first kappa shape index (κ1) is 14.3. The van der Waals surface area contributed by atoms with Crippen molar-refractivity contribution < 1.29 is 18.3 Å². The van der Waals surface area contributed by atoms with E-state index >= 15 is 0 Å². The molecule has 0 heterocycles. The van der Waals surface area contributed by atoms with Gasteiger partial charge in [-0.05, 0) is 17.2 Å². The van der Waals surface area contributed by atoms with Crippen LogP contribution in [0, 0.1) is 0 Å². The summed E-state index contributed by atoms with van der Waals surface area (Å²) in [5.41, 5.74) is 1.04. The first-order valence-electron chi connectivity index (χ1n) is 6.03.